The third-order valence-electron chi connectivity index (χ3n) is 5.40. The van der Waals surface area contributed by atoms with E-state index in [9.17, 15) is 14.4 Å². The van der Waals surface area contributed by atoms with Gasteiger partial charge in [0.25, 0.3) is 5.91 Å². The lowest BCUT2D eigenvalue weighted by Gasteiger charge is -2.39. The van der Waals surface area contributed by atoms with Crippen LogP contribution in [0.1, 0.15) is 49.4 Å². The number of carbonyl (C=O) groups excluding carboxylic acids is 3. The van der Waals surface area contributed by atoms with Crippen molar-refractivity contribution in [1.82, 2.24) is 20.5 Å². The van der Waals surface area contributed by atoms with Crippen LogP contribution >= 0.6 is 0 Å². The topological polar surface area (TPSA) is 103 Å². The van der Waals surface area contributed by atoms with Crippen LogP contribution < -0.4 is 16.0 Å². The lowest BCUT2D eigenvalue weighted by molar-refractivity contribution is -0.139. The first-order chi connectivity index (χ1) is 12.5. The standard InChI is InChI=1S/C18H23N5O3/c1-11(16(25)20-12-4-5-12)23-10-8-18(7-6-14(23)24)21-15-13(17(26)22-18)3-2-9-19-15/h2-3,9,11-12H,4-8,10H2,1H3,(H,19,21)(H,20,25)(H,22,26). The van der Waals surface area contributed by atoms with Crippen molar-refractivity contribution in [2.45, 2.75) is 56.8 Å². The predicted molar refractivity (Wildman–Crippen MR) is 94.2 cm³/mol. The van der Waals surface area contributed by atoms with Gasteiger partial charge in [0.2, 0.25) is 11.8 Å². The highest BCUT2D eigenvalue weighted by molar-refractivity contribution is 6.01. The van der Waals surface area contributed by atoms with Crippen molar-refractivity contribution in [3.8, 4) is 0 Å². The summed E-state index contributed by atoms with van der Waals surface area (Å²) in [6.45, 7) is 2.16. The van der Waals surface area contributed by atoms with Crippen LogP contribution in [0, 0.1) is 0 Å². The van der Waals surface area contributed by atoms with Crippen LogP contribution in [0.4, 0.5) is 5.82 Å². The Bertz CT molecular complexity index is 763. The maximum atomic E-state index is 12.6. The van der Waals surface area contributed by atoms with E-state index in [4.69, 9.17) is 0 Å². The molecule has 0 radical (unpaired) electrons. The summed E-state index contributed by atoms with van der Waals surface area (Å²) < 4.78 is 0. The Balaban J connectivity index is 1.49. The number of rotatable bonds is 3. The SMILES string of the molecule is CC(C(=O)NC1CC1)N1CCC2(CCC1=O)NC(=O)c1cccnc1N2. The maximum Gasteiger partial charge on any atom is 0.256 e. The van der Waals surface area contributed by atoms with Gasteiger partial charge in [0.05, 0.1) is 5.56 Å². The van der Waals surface area contributed by atoms with Gasteiger partial charge >= 0.3 is 0 Å². The van der Waals surface area contributed by atoms with E-state index in [1.54, 1.807) is 30.2 Å². The molecule has 2 fully saturated rings. The Morgan fingerprint density at radius 1 is 1.35 bits per heavy atom. The molecule has 0 bridgehead atoms. The summed E-state index contributed by atoms with van der Waals surface area (Å²) in [6, 6.07) is 3.19. The predicted octanol–water partition coefficient (Wildman–Crippen LogP) is 0.613. The van der Waals surface area contributed by atoms with E-state index >= 15 is 0 Å². The monoisotopic (exact) mass is 357 g/mol. The van der Waals surface area contributed by atoms with E-state index in [1.807, 2.05) is 0 Å². The summed E-state index contributed by atoms with van der Waals surface area (Å²) in [4.78, 5) is 43.3. The molecule has 8 nitrogen and oxygen atoms in total. The molecule has 1 spiro atoms. The van der Waals surface area contributed by atoms with Gasteiger partial charge in [-0.1, -0.05) is 0 Å². The minimum absolute atomic E-state index is 0.0665. The highest BCUT2D eigenvalue weighted by Crippen LogP contribution is 2.31. The Morgan fingerprint density at radius 3 is 2.92 bits per heavy atom. The Labute approximate surface area is 151 Å². The molecule has 3 heterocycles. The number of nitrogens with one attached hydrogen (secondary N) is 3. The van der Waals surface area contributed by atoms with Crippen LogP contribution in [-0.4, -0.2) is 51.9 Å². The van der Waals surface area contributed by atoms with Gasteiger partial charge in [-0.2, -0.15) is 0 Å². The molecule has 26 heavy (non-hydrogen) atoms. The zero-order valence-electron chi connectivity index (χ0n) is 14.7. The van der Waals surface area contributed by atoms with E-state index in [0.29, 0.717) is 30.8 Å². The zero-order valence-corrected chi connectivity index (χ0v) is 14.7. The number of aromatic nitrogens is 1. The summed E-state index contributed by atoms with van der Waals surface area (Å²) in [6.07, 6.45) is 4.89. The number of likely N-dealkylation sites (tertiary alicyclic amines) is 1. The number of hydrogen-bond acceptors (Lipinski definition) is 5. The average Bonchev–Trinajstić information content (AvgIpc) is 3.44. The van der Waals surface area contributed by atoms with Crippen molar-refractivity contribution < 1.29 is 14.4 Å². The number of amides is 3. The summed E-state index contributed by atoms with van der Waals surface area (Å²) >= 11 is 0. The third kappa shape index (κ3) is 3.11. The zero-order chi connectivity index (χ0) is 18.3. The number of hydrogen-bond donors (Lipinski definition) is 3. The van der Waals surface area contributed by atoms with Crippen LogP contribution in [0.2, 0.25) is 0 Å². The molecule has 1 saturated heterocycles. The number of anilines is 1. The number of nitrogens with zero attached hydrogens (tertiary/aromatic N) is 2. The van der Waals surface area contributed by atoms with Crippen LogP contribution in [0.15, 0.2) is 18.3 Å². The molecule has 1 aliphatic carbocycles. The van der Waals surface area contributed by atoms with Crippen molar-refractivity contribution in [3.05, 3.63) is 23.9 Å². The normalized spacial score (nSPS) is 26.4. The van der Waals surface area contributed by atoms with Gasteiger partial charge in [0, 0.05) is 31.6 Å². The largest absolute Gasteiger partial charge is 0.352 e. The van der Waals surface area contributed by atoms with Crippen LogP contribution in [0.5, 0.6) is 0 Å². The maximum absolute atomic E-state index is 12.6. The van der Waals surface area contributed by atoms with Crippen LogP contribution in [0.25, 0.3) is 0 Å². The van der Waals surface area contributed by atoms with E-state index in [-0.39, 0.29) is 30.2 Å². The minimum Gasteiger partial charge on any atom is -0.352 e. The quantitative estimate of drug-likeness (QED) is 0.736. The molecular weight excluding hydrogens is 334 g/mol. The number of carbonyl (C=O) groups is 3. The Kier molecular flexibility index (Phi) is 4.05. The van der Waals surface area contributed by atoms with Gasteiger partial charge in [0.15, 0.2) is 0 Å². The molecule has 138 valence electrons. The molecule has 2 aliphatic heterocycles. The lowest BCUT2D eigenvalue weighted by Crippen LogP contribution is -2.58. The highest BCUT2D eigenvalue weighted by atomic mass is 16.2. The second-order valence-corrected chi connectivity index (χ2v) is 7.36. The highest BCUT2D eigenvalue weighted by Gasteiger charge is 2.42. The van der Waals surface area contributed by atoms with E-state index in [2.05, 4.69) is 20.9 Å². The first-order valence-electron chi connectivity index (χ1n) is 9.13. The Hall–Kier alpha value is -2.64. The molecule has 3 aliphatic rings. The lowest BCUT2D eigenvalue weighted by atomic mass is 9.97. The van der Waals surface area contributed by atoms with Crippen molar-refractivity contribution in [1.29, 1.82) is 0 Å². The van der Waals surface area contributed by atoms with Gasteiger partial charge in [-0.05, 0) is 38.3 Å². The molecule has 3 amide bonds. The summed E-state index contributed by atoms with van der Waals surface area (Å²) in [5.41, 5.74) is -0.210. The van der Waals surface area contributed by atoms with Crippen LogP contribution in [-0.2, 0) is 9.59 Å². The average molecular weight is 357 g/mol. The summed E-state index contributed by atoms with van der Waals surface area (Å²) in [5.74, 6) is 0.177. The second kappa shape index (κ2) is 6.26. The van der Waals surface area contributed by atoms with Gasteiger partial charge in [-0.3, -0.25) is 14.4 Å². The molecule has 1 aromatic rings. The first-order valence-corrected chi connectivity index (χ1v) is 9.13. The number of fused-ring (bicyclic) bond motifs is 1. The van der Waals surface area contributed by atoms with Crippen molar-refractivity contribution >= 4 is 23.5 Å². The fourth-order valence-corrected chi connectivity index (χ4v) is 3.61. The third-order valence-corrected chi connectivity index (χ3v) is 5.40. The van der Waals surface area contributed by atoms with Gasteiger partial charge in [-0.15, -0.1) is 0 Å². The molecule has 2 unspecified atom stereocenters. The fourth-order valence-electron chi connectivity index (χ4n) is 3.61. The Morgan fingerprint density at radius 2 is 2.15 bits per heavy atom. The molecule has 4 rings (SSSR count). The molecular formula is C18H23N5O3. The van der Waals surface area contributed by atoms with Gasteiger partial charge in [-0.25, -0.2) is 4.98 Å². The fraction of sp³-hybridized carbons (Fsp3) is 0.556. The summed E-state index contributed by atoms with van der Waals surface area (Å²) in [7, 11) is 0. The molecule has 3 N–H and O–H groups in total. The van der Waals surface area contributed by atoms with Crippen molar-refractivity contribution in [2.75, 3.05) is 11.9 Å². The van der Waals surface area contributed by atoms with E-state index in [0.717, 1.165) is 12.8 Å². The second-order valence-electron chi connectivity index (χ2n) is 7.36. The van der Waals surface area contributed by atoms with Gasteiger partial charge in [0.1, 0.15) is 17.5 Å². The molecule has 8 heteroatoms. The molecule has 1 saturated carbocycles. The molecule has 2 atom stereocenters. The van der Waals surface area contributed by atoms with Crippen molar-refractivity contribution in [3.63, 3.8) is 0 Å². The van der Waals surface area contributed by atoms with Gasteiger partial charge < -0.3 is 20.9 Å². The van der Waals surface area contributed by atoms with E-state index in [1.165, 1.54) is 0 Å². The number of pyridine rings is 1. The molecule has 1 aromatic heterocycles. The molecule has 0 aromatic carbocycles. The minimum atomic E-state index is -0.713. The van der Waals surface area contributed by atoms with Crippen LogP contribution in [0.3, 0.4) is 0 Å². The smallest absolute Gasteiger partial charge is 0.256 e. The summed E-state index contributed by atoms with van der Waals surface area (Å²) in [5, 5.41) is 9.28. The first kappa shape index (κ1) is 16.8. The van der Waals surface area contributed by atoms with E-state index < -0.39 is 11.7 Å². The van der Waals surface area contributed by atoms with Crippen molar-refractivity contribution in [2.24, 2.45) is 0 Å².